The van der Waals surface area contributed by atoms with Gasteiger partial charge in [0.05, 0.1) is 55.9 Å². The van der Waals surface area contributed by atoms with Gasteiger partial charge in [-0.25, -0.2) is 0 Å². The molecule has 0 radical (unpaired) electrons. The second-order valence-corrected chi connectivity index (χ2v) is 12.3. The molecule has 17 atom stereocenters. The van der Waals surface area contributed by atoms with E-state index in [9.17, 15) is 56.2 Å². The normalized spacial score (nSPS) is 55.6. The molecule has 0 aromatic heterocycles. The van der Waals surface area contributed by atoms with E-state index in [1.807, 2.05) is 0 Å². The van der Waals surface area contributed by atoms with Crippen LogP contribution >= 0.6 is 0 Å². The first-order valence-corrected chi connectivity index (χ1v) is 14.5. The summed E-state index contributed by atoms with van der Waals surface area (Å²) in [6, 6.07) is 0. The quantitative estimate of drug-likeness (QED) is 0.133. The Kier molecular flexibility index (Phi) is 10.4. The smallest absolute Gasteiger partial charge is 0.187 e. The van der Waals surface area contributed by atoms with Gasteiger partial charge in [-0.2, -0.15) is 0 Å². The SMILES string of the molecule is OCC1OC(OC2C(OC3CC4C(O)CC(O)CC4OC3C3CC(O)C(O)C(O)C3)OCC(O)C2O)C(O)C(O)C1O. The molecule has 2 aliphatic carbocycles. The first-order chi connectivity index (χ1) is 19.9. The fourth-order valence-corrected chi connectivity index (χ4v) is 7.00. The highest BCUT2D eigenvalue weighted by molar-refractivity contribution is 5.00. The van der Waals surface area contributed by atoms with Crippen LogP contribution in [0.25, 0.3) is 0 Å². The van der Waals surface area contributed by atoms with Crippen LogP contribution in [0.15, 0.2) is 0 Å². The van der Waals surface area contributed by atoms with E-state index >= 15 is 0 Å². The zero-order chi connectivity index (χ0) is 30.5. The van der Waals surface area contributed by atoms with Gasteiger partial charge < -0.3 is 79.9 Å². The zero-order valence-corrected chi connectivity index (χ0v) is 22.9. The van der Waals surface area contributed by atoms with Gasteiger partial charge in [-0.3, -0.25) is 0 Å². The molecule has 5 aliphatic rings. The molecular weight excluding hydrogens is 568 g/mol. The van der Waals surface area contributed by atoms with Crippen LogP contribution in [-0.4, -0.2) is 174 Å². The fourth-order valence-electron chi connectivity index (χ4n) is 7.00. The van der Waals surface area contributed by atoms with Crippen molar-refractivity contribution in [1.29, 1.82) is 0 Å². The van der Waals surface area contributed by atoms with Crippen molar-refractivity contribution in [2.75, 3.05) is 13.2 Å². The third-order valence-corrected chi connectivity index (χ3v) is 9.41. The summed E-state index contributed by atoms with van der Waals surface area (Å²) in [6.45, 7) is -1.09. The maximum Gasteiger partial charge on any atom is 0.187 e. The Labute approximate surface area is 241 Å². The van der Waals surface area contributed by atoms with Gasteiger partial charge >= 0.3 is 0 Å². The van der Waals surface area contributed by atoms with Crippen molar-refractivity contribution in [2.45, 2.75) is 136 Å². The third-order valence-electron chi connectivity index (χ3n) is 9.41. The standard InChI is InChI=1S/C26H44O16/c27-6-17-20(35)21(36)22(37)25(41-17)42-24-19(34)14(32)7-38-26(24)40-16-5-10-11(29)3-9(28)4-15(10)39-23(16)8-1-12(30)18(33)13(31)2-8/h8-37H,1-7H2. The summed E-state index contributed by atoms with van der Waals surface area (Å²) in [5.74, 6) is -0.980. The molecule has 3 aliphatic heterocycles. The minimum absolute atomic E-state index is 0.0584. The molecule has 16 nitrogen and oxygen atoms in total. The number of hydrogen-bond donors (Lipinski definition) is 11. The molecule has 0 spiro atoms. The Hall–Kier alpha value is -0.640. The molecule has 42 heavy (non-hydrogen) atoms. The van der Waals surface area contributed by atoms with Gasteiger partial charge in [-0.1, -0.05) is 0 Å². The highest BCUT2D eigenvalue weighted by atomic mass is 16.8. The number of aliphatic hydroxyl groups is 11. The van der Waals surface area contributed by atoms with Crippen molar-refractivity contribution in [2.24, 2.45) is 11.8 Å². The average molecular weight is 613 g/mol. The van der Waals surface area contributed by atoms with E-state index in [-0.39, 0.29) is 38.7 Å². The Morgan fingerprint density at radius 3 is 1.95 bits per heavy atom. The number of ether oxygens (including phenoxy) is 5. The topological polar surface area (TPSA) is 269 Å². The van der Waals surface area contributed by atoms with Crippen molar-refractivity contribution in [3.8, 4) is 0 Å². The van der Waals surface area contributed by atoms with Gasteiger partial charge in [0, 0.05) is 5.92 Å². The number of hydrogen-bond acceptors (Lipinski definition) is 16. The van der Waals surface area contributed by atoms with Crippen molar-refractivity contribution in [3.63, 3.8) is 0 Å². The second-order valence-electron chi connectivity index (χ2n) is 12.3. The molecule has 17 unspecified atom stereocenters. The van der Waals surface area contributed by atoms with E-state index in [0.29, 0.717) is 0 Å². The van der Waals surface area contributed by atoms with Gasteiger partial charge in [-0.05, 0) is 38.0 Å². The minimum atomic E-state index is -1.80. The highest BCUT2D eigenvalue weighted by Gasteiger charge is 2.53. The fraction of sp³-hybridized carbons (Fsp3) is 1.00. The maximum absolute atomic E-state index is 10.8. The lowest BCUT2D eigenvalue weighted by Crippen LogP contribution is -2.64. The summed E-state index contributed by atoms with van der Waals surface area (Å²) in [5.41, 5.74) is 0. The van der Waals surface area contributed by atoms with Gasteiger partial charge in [0.1, 0.15) is 48.8 Å². The zero-order valence-electron chi connectivity index (χ0n) is 22.9. The van der Waals surface area contributed by atoms with E-state index < -0.39 is 123 Å². The predicted octanol–water partition coefficient (Wildman–Crippen LogP) is -5.58. The molecule has 0 amide bonds. The van der Waals surface area contributed by atoms with Gasteiger partial charge in [0.15, 0.2) is 12.6 Å². The molecule has 0 aromatic carbocycles. The largest absolute Gasteiger partial charge is 0.394 e. The lowest BCUT2D eigenvalue weighted by molar-refractivity contribution is -0.368. The van der Waals surface area contributed by atoms with Crippen LogP contribution in [0.1, 0.15) is 32.1 Å². The molecule has 16 heteroatoms. The van der Waals surface area contributed by atoms with Crippen LogP contribution < -0.4 is 0 Å². The lowest BCUT2D eigenvalue weighted by Gasteiger charge is -2.51. The summed E-state index contributed by atoms with van der Waals surface area (Å²) in [5, 5.41) is 113. The number of aliphatic hydroxyl groups excluding tert-OH is 11. The summed E-state index contributed by atoms with van der Waals surface area (Å²) < 4.78 is 29.5. The lowest BCUT2D eigenvalue weighted by atomic mass is 9.72. The molecular formula is C26H44O16. The third kappa shape index (κ3) is 6.50. The first-order valence-electron chi connectivity index (χ1n) is 14.5. The number of fused-ring (bicyclic) bond motifs is 1. The Bertz CT molecular complexity index is 869. The average Bonchev–Trinajstić information content (AvgIpc) is 2.95. The van der Waals surface area contributed by atoms with Crippen LogP contribution in [0.3, 0.4) is 0 Å². The van der Waals surface area contributed by atoms with E-state index in [0.717, 1.165) is 0 Å². The summed E-state index contributed by atoms with van der Waals surface area (Å²) in [6.07, 6.45) is -21.3. The van der Waals surface area contributed by atoms with E-state index in [1.165, 1.54) is 0 Å². The summed E-state index contributed by atoms with van der Waals surface area (Å²) >= 11 is 0. The van der Waals surface area contributed by atoms with Gasteiger partial charge in [0.25, 0.3) is 0 Å². The monoisotopic (exact) mass is 612 g/mol. The minimum Gasteiger partial charge on any atom is -0.394 e. The summed E-state index contributed by atoms with van der Waals surface area (Å²) in [4.78, 5) is 0. The van der Waals surface area contributed by atoms with Gasteiger partial charge in [-0.15, -0.1) is 0 Å². The van der Waals surface area contributed by atoms with Crippen molar-refractivity contribution in [3.05, 3.63) is 0 Å². The molecule has 0 aromatic rings. The Morgan fingerprint density at radius 1 is 0.595 bits per heavy atom. The van der Waals surface area contributed by atoms with E-state index in [2.05, 4.69) is 0 Å². The molecule has 244 valence electrons. The van der Waals surface area contributed by atoms with Crippen LogP contribution in [0.4, 0.5) is 0 Å². The van der Waals surface area contributed by atoms with Crippen LogP contribution in [0.5, 0.6) is 0 Å². The Balaban J connectivity index is 1.38. The second kappa shape index (κ2) is 13.4. The molecule has 3 saturated heterocycles. The summed E-state index contributed by atoms with van der Waals surface area (Å²) in [7, 11) is 0. The van der Waals surface area contributed by atoms with Gasteiger partial charge in [0.2, 0.25) is 0 Å². The van der Waals surface area contributed by atoms with Crippen LogP contribution in [-0.2, 0) is 23.7 Å². The first kappa shape index (κ1) is 32.7. The Morgan fingerprint density at radius 2 is 1.29 bits per heavy atom. The van der Waals surface area contributed by atoms with Crippen LogP contribution in [0, 0.1) is 11.8 Å². The predicted molar refractivity (Wildman–Crippen MR) is 134 cm³/mol. The molecule has 2 saturated carbocycles. The van der Waals surface area contributed by atoms with Crippen molar-refractivity contribution >= 4 is 0 Å². The van der Waals surface area contributed by atoms with E-state index in [4.69, 9.17) is 23.7 Å². The molecule has 3 heterocycles. The molecule has 5 rings (SSSR count). The van der Waals surface area contributed by atoms with Crippen molar-refractivity contribution in [1.82, 2.24) is 0 Å². The molecule has 11 N–H and O–H groups in total. The van der Waals surface area contributed by atoms with E-state index in [1.54, 1.807) is 0 Å². The molecule has 5 fully saturated rings. The maximum atomic E-state index is 10.8. The van der Waals surface area contributed by atoms with Crippen LogP contribution in [0.2, 0.25) is 0 Å². The highest BCUT2D eigenvalue weighted by Crippen LogP contribution is 2.43. The number of rotatable bonds is 6. The van der Waals surface area contributed by atoms with Crippen molar-refractivity contribution < 1.29 is 79.9 Å². The molecule has 0 bridgehead atoms.